The van der Waals surface area contributed by atoms with E-state index in [0.29, 0.717) is 6.04 Å². The predicted octanol–water partition coefficient (Wildman–Crippen LogP) is 4.28. The summed E-state index contributed by atoms with van der Waals surface area (Å²) >= 11 is 2.04. The largest absolute Gasteiger partial charge is 0.313 e. The van der Waals surface area contributed by atoms with Crippen LogP contribution in [-0.2, 0) is 6.42 Å². The minimum Gasteiger partial charge on any atom is -0.313 e. The fraction of sp³-hybridized carbons (Fsp3) is 0.647. The van der Waals surface area contributed by atoms with E-state index in [-0.39, 0.29) is 0 Å². The molecule has 0 bridgehead atoms. The van der Waals surface area contributed by atoms with Crippen molar-refractivity contribution in [1.82, 2.24) is 5.32 Å². The fourth-order valence-electron chi connectivity index (χ4n) is 2.58. The smallest absolute Gasteiger partial charge is 0.0198 e. The lowest BCUT2D eigenvalue weighted by Gasteiger charge is -2.21. The lowest BCUT2D eigenvalue weighted by molar-refractivity contribution is 0.548. The first-order valence-corrected chi connectivity index (χ1v) is 8.61. The lowest BCUT2D eigenvalue weighted by atomic mass is 9.95. The van der Waals surface area contributed by atoms with Gasteiger partial charge in [-0.1, -0.05) is 31.5 Å². The zero-order valence-electron chi connectivity index (χ0n) is 13.2. The van der Waals surface area contributed by atoms with Crippen molar-refractivity contribution in [1.29, 1.82) is 0 Å². The van der Waals surface area contributed by atoms with E-state index in [1.54, 1.807) is 0 Å². The molecule has 0 fully saturated rings. The average molecular weight is 279 g/mol. The Hall–Kier alpha value is -0.470. The molecule has 2 heteroatoms. The van der Waals surface area contributed by atoms with Crippen molar-refractivity contribution in [3.8, 4) is 0 Å². The van der Waals surface area contributed by atoms with E-state index in [0.717, 1.165) is 13.0 Å². The third-order valence-electron chi connectivity index (χ3n) is 3.50. The summed E-state index contributed by atoms with van der Waals surface area (Å²) in [4.78, 5) is 0. The van der Waals surface area contributed by atoms with Gasteiger partial charge in [0.05, 0.1) is 0 Å². The Morgan fingerprint density at radius 3 is 2.26 bits per heavy atom. The number of nitrogens with one attached hydrogen (secondary N) is 1. The van der Waals surface area contributed by atoms with Crippen LogP contribution in [0, 0.1) is 20.8 Å². The number of aryl methyl sites for hydroxylation is 3. The van der Waals surface area contributed by atoms with Crippen LogP contribution < -0.4 is 5.32 Å². The molecule has 0 heterocycles. The molecule has 1 atom stereocenters. The molecular weight excluding hydrogens is 250 g/mol. The molecule has 1 rings (SSSR count). The molecule has 19 heavy (non-hydrogen) atoms. The Labute approximate surface area is 123 Å². The summed E-state index contributed by atoms with van der Waals surface area (Å²) in [6, 6.07) is 5.23. The van der Waals surface area contributed by atoms with Gasteiger partial charge in [-0.25, -0.2) is 0 Å². The van der Waals surface area contributed by atoms with Gasteiger partial charge in [-0.15, -0.1) is 0 Å². The molecule has 0 aliphatic carbocycles. The van der Waals surface area contributed by atoms with Gasteiger partial charge in [-0.3, -0.25) is 0 Å². The van der Waals surface area contributed by atoms with Crippen molar-refractivity contribution in [2.75, 3.05) is 18.1 Å². The summed E-state index contributed by atoms with van der Waals surface area (Å²) in [6.07, 6.45) is 2.37. The summed E-state index contributed by atoms with van der Waals surface area (Å²) in [5.74, 6) is 2.42. The van der Waals surface area contributed by atoms with Gasteiger partial charge in [-0.05, 0) is 62.6 Å². The Morgan fingerprint density at radius 2 is 1.74 bits per heavy atom. The Bertz CT molecular complexity index is 356. The summed E-state index contributed by atoms with van der Waals surface area (Å²) in [5.41, 5.74) is 5.81. The molecule has 0 aromatic heterocycles. The van der Waals surface area contributed by atoms with Crippen LogP contribution in [0.5, 0.6) is 0 Å². The highest BCUT2D eigenvalue weighted by Crippen LogP contribution is 2.19. The quantitative estimate of drug-likeness (QED) is 0.762. The van der Waals surface area contributed by atoms with E-state index in [9.17, 15) is 0 Å². The maximum absolute atomic E-state index is 3.70. The Kier molecular flexibility index (Phi) is 7.55. The molecule has 1 unspecified atom stereocenters. The zero-order valence-corrected chi connectivity index (χ0v) is 14.0. The lowest BCUT2D eigenvalue weighted by Crippen LogP contribution is -2.34. The topological polar surface area (TPSA) is 12.0 Å². The molecule has 0 saturated carbocycles. The molecule has 0 spiro atoms. The van der Waals surface area contributed by atoms with E-state index in [1.807, 2.05) is 11.8 Å². The third-order valence-corrected chi connectivity index (χ3v) is 4.54. The monoisotopic (exact) mass is 279 g/mol. The number of benzene rings is 1. The molecule has 108 valence electrons. The van der Waals surface area contributed by atoms with Gasteiger partial charge in [-0.2, -0.15) is 11.8 Å². The van der Waals surface area contributed by atoms with E-state index >= 15 is 0 Å². The summed E-state index contributed by atoms with van der Waals surface area (Å²) in [6.45, 7) is 12.3. The van der Waals surface area contributed by atoms with Gasteiger partial charge < -0.3 is 5.32 Å². The Morgan fingerprint density at radius 1 is 1.11 bits per heavy atom. The summed E-state index contributed by atoms with van der Waals surface area (Å²) < 4.78 is 0. The van der Waals surface area contributed by atoms with Crippen LogP contribution in [0.25, 0.3) is 0 Å². The molecule has 0 amide bonds. The van der Waals surface area contributed by atoms with Gasteiger partial charge in [0.15, 0.2) is 0 Å². The number of hydrogen-bond donors (Lipinski definition) is 1. The molecule has 1 aromatic rings. The molecule has 0 aliphatic heterocycles. The van der Waals surface area contributed by atoms with Crippen LogP contribution in [-0.4, -0.2) is 24.1 Å². The van der Waals surface area contributed by atoms with Crippen LogP contribution in [0.2, 0.25) is 0 Å². The first-order valence-electron chi connectivity index (χ1n) is 7.46. The first kappa shape index (κ1) is 16.6. The third kappa shape index (κ3) is 5.58. The van der Waals surface area contributed by atoms with Crippen molar-refractivity contribution >= 4 is 11.8 Å². The van der Waals surface area contributed by atoms with Crippen LogP contribution in [0.4, 0.5) is 0 Å². The number of thioether (sulfide) groups is 1. The van der Waals surface area contributed by atoms with Crippen LogP contribution in [0.3, 0.4) is 0 Å². The fourth-order valence-corrected chi connectivity index (χ4v) is 3.33. The Balaban J connectivity index is 2.77. The van der Waals surface area contributed by atoms with Crippen molar-refractivity contribution in [3.05, 3.63) is 34.4 Å². The molecule has 1 aromatic carbocycles. The van der Waals surface area contributed by atoms with Crippen LogP contribution >= 0.6 is 11.8 Å². The van der Waals surface area contributed by atoms with E-state index in [1.165, 1.54) is 40.2 Å². The minimum atomic E-state index is 0.602. The van der Waals surface area contributed by atoms with Crippen molar-refractivity contribution in [2.24, 2.45) is 0 Å². The minimum absolute atomic E-state index is 0.602. The van der Waals surface area contributed by atoms with E-state index < -0.39 is 0 Å². The van der Waals surface area contributed by atoms with Gasteiger partial charge >= 0.3 is 0 Å². The highest BCUT2D eigenvalue weighted by Gasteiger charge is 2.12. The molecule has 0 aliphatic rings. The number of hydrogen-bond acceptors (Lipinski definition) is 2. The summed E-state index contributed by atoms with van der Waals surface area (Å²) in [5, 5.41) is 3.70. The van der Waals surface area contributed by atoms with Crippen LogP contribution in [0.1, 0.15) is 42.5 Å². The maximum atomic E-state index is 3.70. The van der Waals surface area contributed by atoms with Gasteiger partial charge in [0.25, 0.3) is 0 Å². The van der Waals surface area contributed by atoms with E-state index in [2.05, 4.69) is 52.1 Å². The standard InChI is InChI=1S/C17H29NS/c1-6-8-18-16(12-19-7-2)11-17-14(4)9-13(3)10-15(17)5/h9-10,16,18H,6-8,11-12H2,1-5H3. The van der Waals surface area contributed by atoms with Crippen molar-refractivity contribution in [3.63, 3.8) is 0 Å². The molecular formula is C17H29NS. The first-order chi connectivity index (χ1) is 9.08. The summed E-state index contributed by atoms with van der Waals surface area (Å²) in [7, 11) is 0. The van der Waals surface area contributed by atoms with Crippen molar-refractivity contribution in [2.45, 2.75) is 53.5 Å². The van der Waals surface area contributed by atoms with Gasteiger partial charge in [0.2, 0.25) is 0 Å². The normalized spacial score (nSPS) is 12.7. The highest BCUT2D eigenvalue weighted by atomic mass is 32.2. The predicted molar refractivity (Wildman–Crippen MR) is 89.4 cm³/mol. The van der Waals surface area contributed by atoms with Crippen LogP contribution in [0.15, 0.2) is 12.1 Å². The molecule has 1 nitrogen and oxygen atoms in total. The second-order valence-electron chi connectivity index (χ2n) is 5.39. The SMILES string of the molecule is CCCNC(CSCC)Cc1c(C)cc(C)cc1C. The van der Waals surface area contributed by atoms with Crippen molar-refractivity contribution < 1.29 is 0 Å². The second kappa shape index (κ2) is 8.65. The average Bonchev–Trinajstić information content (AvgIpc) is 2.35. The zero-order chi connectivity index (χ0) is 14.3. The van der Waals surface area contributed by atoms with E-state index in [4.69, 9.17) is 0 Å². The maximum Gasteiger partial charge on any atom is 0.0198 e. The molecule has 0 radical (unpaired) electrons. The molecule has 0 saturated heterocycles. The van der Waals surface area contributed by atoms with Gasteiger partial charge in [0, 0.05) is 11.8 Å². The number of rotatable bonds is 8. The second-order valence-corrected chi connectivity index (χ2v) is 6.71. The molecule has 1 N–H and O–H groups in total. The van der Waals surface area contributed by atoms with Gasteiger partial charge in [0.1, 0.15) is 0 Å². The highest BCUT2D eigenvalue weighted by molar-refractivity contribution is 7.99.